The lowest BCUT2D eigenvalue weighted by molar-refractivity contribution is 1.09. The van der Waals surface area contributed by atoms with E-state index in [9.17, 15) is 4.91 Å². The molecule has 0 unspecified atom stereocenters. The molecule has 0 aliphatic carbocycles. The minimum absolute atomic E-state index is 0.230. The van der Waals surface area contributed by atoms with Crippen molar-refractivity contribution in [1.29, 1.82) is 0 Å². The van der Waals surface area contributed by atoms with Crippen LogP contribution >= 0.6 is 22.6 Å². The average molecular weight is 264 g/mol. The predicted molar refractivity (Wildman–Crippen MR) is 49.8 cm³/mol. The first-order chi connectivity index (χ1) is 5.27. The van der Waals surface area contributed by atoms with E-state index < -0.39 is 0 Å². The van der Waals surface area contributed by atoms with Crippen molar-refractivity contribution in [2.75, 3.05) is 12.4 Å². The largest absolute Gasteiger partial charge is 0.371 e. The van der Waals surface area contributed by atoms with Gasteiger partial charge in [-0.1, -0.05) is 0 Å². The molecule has 0 radical (unpaired) electrons. The van der Waals surface area contributed by atoms with Gasteiger partial charge in [-0.15, -0.1) is 4.91 Å². The molecule has 0 amide bonds. The molecule has 5 nitrogen and oxygen atoms in total. The van der Waals surface area contributed by atoms with Gasteiger partial charge in [0.25, 0.3) is 0 Å². The van der Waals surface area contributed by atoms with Gasteiger partial charge in [-0.2, -0.15) is 0 Å². The number of hydrogen-bond acceptors (Lipinski definition) is 5. The summed E-state index contributed by atoms with van der Waals surface area (Å²) in [7, 11) is 1.67. The Kier molecular flexibility index (Phi) is 2.69. The van der Waals surface area contributed by atoms with Gasteiger partial charge in [0.15, 0.2) is 15.3 Å². The van der Waals surface area contributed by atoms with Crippen LogP contribution < -0.4 is 5.32 Å². The molecule has 1 heterocycles. The zero-order valence-electron chi connectivity index (χ0n) is 5.71. The molecule has 0 spiro atoms. The summed E-state index contributed by atoms with van der Waals surface area (Å²) in [6, 6.07) is 0. The van der Waals surface area contributed by atoms with Crippen LogP contribution in [0, 0.1) is 8.74 Å². The summed E-state index contributed by atoms with van der Waals surface area (Å²) in [5, 5.41) is 5.48. The molecule has 1 rings (SSSR count). The molecule has 0 aromatic carbocycles. The first kappa shape index (κ1) is 8.31. The van der Waals surface area contributed by atoms with Gasteiger partial charge >= 0.3 is 0 Å². The molecule has 0 saturated heterocycles. The van der Waals surface area contributed by atoms with Crippen LogP contribution in [0.15, 0.2) is 11.4 Å². The lowest BCUT2D eigenvalue weighted by Crippen LogP contribution is -1.95. The van der Waals surface area contributed by atoms with E-state index in [0.29, 0.717) is 9.65 Å². The highest BCUT2D eigenvalue weighted by Gasteiger charge is 2.02. The highest BCUT2D eigenvalue weighted by Crippen LogP contribution is 2.20. The Morgan fingerprint density at radius 3 is 3.00 bits per heavy atom. The third-order valence-electron chi connectivity index (χ3n) is 1.08. The van der Waals surface area contributed by atoms with Gasteiger partial charge in [0, 0.05) is 29.6 Å². The maximum atomic E-state index is 10.1. The molecular weight excluding hydrogens is 259 g/mol. The Bertz CT molecular complexity index is 277. The lowest BCUT2D eigenvalue weighted by atomic mass is 10.5. The van der Waals surface area contributed by atoms with E-state index in [1.807, 2.05) is 22.6 Å². The Morgan fingerprint density at radius 1 is 1.73 bits per heavy atom. The molecule has 0 fully saturated rings. The summed E-state index contributed by atoms with van der Waals surface area (Å²) >= 11 is 1.96. The zero-order chi connectivity index (χ0) is 8.27. The van der Waals surface area contributed by atoms with Gasteiger partial charge in [-0.3, -0.25) is 0 Å². The number of hydrogen-bond donors (Lipinski definition) is 1. The molecule has 6 heteroatoms. The average Bonchev–Trinajstić information content (AvgIpc) is 2.04. The fourth-order valence-electron chi connectivity index (χ4n) is 0.605. The van der Waals surface area contributed by atoms with Crippen LogP contribution in [-0.2, 0) is 0 Å². The number of aromatic nitrogens is 2. The Balaban J connectivity index is 3.16. The number of nitrogens with zero attached hydrogens (tertiary/aromatic N) is 3. The molecule has 0 saturated carbocycles. The van der Waals surface area contributed by atoms with Crippen molar-refractivity contribution in [3.63, 3.8) is 0 Å². The molecule has 1 aromatic rings. The minimum Gasteiger partial charge on any atom is -0.371 e. The molecule has 0 aliphatic rings. The summed E-state index contributed by atoms with van der Waals surface area (Å²) in [5.41, 5.74) is 0.230. The van der Waals surface area contributed by atoms with Crippen molar-refractivity contribution in [2.45, 2.75) is 0 Å². The normalized spacial score (nSPS) is 9.27. The fourth-order valence-corrected chi connectivity index (χ4v) is 0.985. The highest BCUT2D eigenvalue weighted by atomic mass is 127. The van der Waals surface area contributed by atoms with E-state index in [1.165, 1.54) is 6.20 Å². The first-order valence-corrected chi connectivity index (χ1v) is 3.89. The third-order valence-corrected chi connectivity index (χ3v) is 1.59. The second-order valence-corrected chi connectivity index (χ2v) is 2.68. The van der Waals surface area contributed by atoms with E-state index in [2.05, 4.69) is 20.5 Å². The summed E-state index contributed by atoms with van der Waals surface area (Å²) in [4.78, 5) is 17.9. The van der Waals surface area contributed by atoms with Crippen molar-refractivity contribution >= 4 is 34.1 Å². The number of halogens is 1. The van der Waals surface area contributed by atoms with Gasteiger partial charge in [-0.05, 0) is 5.18 Å². The molecule has 0 atom stereocenters. The lowest BCUT2D eigenvalue weighted by Gasteiger charge is -1.99. The zero-order valence-corrected chi connectivity index (χ0v) is 7.86. The van der Waals surface area contributed by atoms with Gasteiger partial charge in [0.05, 0.1) is 6.20 Å². The second kappa shape index (κ2) is 3.56. The Hall–Kier alpha value is -0.790. The number of rotatable bonds is 2. The summed E-state index contributed by atoms with van der Waals surface area (Å²) in [6.07, 6.45) is 1.38. The predicted octanol–water partition coefficient (Wildman–Crippen LogP) is 1.52. The van der Waals surface area contributed by atoms with E-state index >= 15 is 0 Å². The van der Waals surface area contributed by atoms with Gasteiger partial charge in [0.1, 0.15) is 0 Å². The van der Waals surface area contributed by atoms with Crippen LogP contribution in [0.3, 0.4) is 0 Å². The van der Waals surface area contributed by atoms with Gasteiger partial charge < -0.3 is 5.32 Å². The van der Waals surface area contributed by atoms with Crippen LogP contribution in [0.25, 0.3) is 0 Å². The van der Waals surface area contributed by atoms with E-state index in [-0.39, 0.29) is 5.69 Å². The van der Waals surface area contributed by atoms with Crippen molar-refractivity contribution in [3.05, 3.63) is 14.9 Å². The molecule has 0 bridgehead atoms. The third kappa shape index (κ3) is 1.82. The number of nitrogens with one attached hydrogen (secondary N) is 1. The van der Waals surface area contributed by atoms with E-state index in [4.69, 9.17) is 0 Å². The van der Waals surface area contributed by atoms with E-state index in [1.54, 1.807) is 7.05 Å². The Morgan fingerprint density at radius 2 is 2.45 bits per heavy atom. The SMILES string of the molecule is CNc1nc(I)ncc1N=O. The van der Waals surface area contributed by atoms with Crippen molar-refractivity contribution in [3.8, 4) is 0 Å². The summed E-state index contributed by atoms with van der Waals surface area (Å²) < 4.78 is 0.583. The second-order valence-electron chi connectivity index (χ2n) is 1.71. The summed E-state index contributed by atoms with van der Waals surface area (Å²) in [5.74, 6) is 0.458. The minimum atomic E-state index is 0.230. The molecule has 1 N–H and O–H groups in total. The quantitative estimate of drug-likeness (QED) is 0.499. The van der Waals surface area contributed by atoms with Crippen LogP contribution in [0.2, 0.25) is 0 Å². The molecule has 11 heavy (non-hydrogen) atoms. The highest BCUT2D eigenvalue weighted by molar-refractivity contribution is 14.1. The van der Waals surface area contributed by atoms with Crippen molar-refractivity contribution in [2.24, 2.45) is 5.18 Å². The van der Waals surface area contributed by atoms with Crippen LogP contribution in [0.4, 0.5) is 11.5 Å². The maximum absolute atomic E-state index is 10.1. The van der Waals surface area contributed by atoms with Crippen LogP contribution in [-0.4, -0.2) is 17.0 Å². The van der Waals surface area contributed by atoms with Crippen molar-refractivity contribution in [1.82, 2.24) is 9.97 Å². The van der Waals surface area contributed by atoms with Crippen molar-refractivity contribution < 1.29 is 0 Å². The monoisotopic (exact) mass is 264 g/mol. The smallest absolute Gasteiger partial charge is 0.192 e. The fraction of sp³-hybridized carbons (Fsp3) is 0.200. The number of anilines is 1. The standard InChI is InChI=1S/C5H5IN4O/c1-7-4-3(10-11)2-8-5(6)9-4/h2H,1H3,(H,7,8,9). The first-order valence-electron chi connectivity index (χ1n) is 2.81. The Labute approximate surface area is 76.7 Å². The van der Waals surface area contributed by atoms with E-state index in [0.717, 1.165) is 0 Å². The summed E-state index contributed by atoms with van der Waals surface area (Å²) in [6.45, 7) is 0. The molecule has 0 aliphatic heterocycles. The molecular formula is C5H5IN4O. The van der Waals surface area contributed by atoms with Crippen LogP contribution in [0.5, 0.6) is 0 Å². The van der Waals surface area contributed by atoms with Gasteiger partial charge in [0.2, 0.25) is 0 Å². The molecule has 1 aromatic heterocycles. The molecule has 58 valence electrons. The van der Waals surface area contributed by atoms with Crippen LogP contribution in [0.1, 0.15) is 0 Å². The topological polar surface area (TPSA) is 67.2 Å². The number of nitroso groups, excluding NO2 is 1. The maximum Gasteiger partial charge on any atom is 0.192 e. The van der Waals surface area contributed by atoms with Gasteiger partial charge in [-0.25, -0.2) is 9.97 Å².